The minimum atomic E-state index is 0.735. The van der Waals surface area contributed by atoms with E-state index < -0.39 is 0 Å². The molecule has 1 aliphatic rings. The zero-order chi connectivity index (χ0) is 13.8. The van der Waals surface area contributed by atoms with Crippen LogP contribution in [0, 0.1) is 12.8 Å². The summed E-state index contributed by atoms with van der Waals surface area (Å²) in [5.41, 5.74) is 1.36. The van der Waals surface area contributed by atoms with Crippen LogP contribution in [-0.4, -0.2) is 32.5 Å². The smallest absolute Gasteiger partial charge is 0.105 e. The van der Waals surface area contributed by atoms with E-state index in [1.165, 1.54) is 31.5 Å². The highest BCUT2D eigenvalue weighted by Gasteiger charge is 2.20. The monoisotopic (exact) mass is 270 g/mol. The lowest BCUT2D eigenvalue weighted by Gasteiger charge is -2.33. The van der Waals surface area contributed by atoms with Gasteiger partial charge in [-0.05, 0) is 49.9 Å². The van der Waals surface area contributed by atoms with Crippen molar-refractivity contribution >= 4 is 0 Å². The Hall–Kier alpha value is -1.68. The molecule has 0 radical (unpaired) electrons. The van der Waals surface area contributed by atoms with E-state index in [2.05, 4.69) is 44.7 Å². The van der Waals surface area contributed by atoms with Crippen LogP contribution >= 0.6 is 0 Å². The zero-order valence-corrected chi connectivity index (χ0v) is 12.1. The fourth-order valence-corrected chi connectivity index (χ4v) is 3.07. The van der Waals surface area contributed by atoms with Gasteiger partial charge in [0.15, 0.2) is 0 Å². The number of aryl methyl sites for hydroxylation is 1. The summed E-state index contributed by atoms with van der Waals surface area (Å²) < 4.78 is 2.28. The molecule has 3 heterocycles. The van der Waals surface area contributed by atoms with Crippen molar-refractivity contribution < 1.29 is 0 Å². The fourth-order valence-electron chi connectivity index (χ4n) is 3.07. The fraction of sp³-hybridized carbons (Fsp3) is 0.500. The summed E-state index contributed by atoms with van der Waals surface area (Å²) in [6, 6.07) is 4.23. The quantitative estimate of drug-likeness (QED) is 0.856. The molecule has 1 saturated heterocycles. The molecule has 4 nitrogen and oxygen atoms in total. The maximum absolute atomic E-state index is 4.31. The Balaban J connectivity index is 1.58. The average molecular weight is 270 g/mol. The van der Waals surface area contributed by atoms with E-state index in [9.17, 15) is 0 Å². The molecule has 20 heavy (non-hydrogen) atoms. The van der Waals surface area contributed by atoms with Crippen LogP contribution in [0.4, 0.5) is 0 Å². The van der Waals surface area contributed by atoms with E-state index in [4.69, 9.17) is 0 Å². The summed E-state index contributed by atoms with van der Waals surface area (Å²) in [6.45, 7) is 6.61. The van der Waals surface area contributed by atoms with Crippen LogP contribution in [0.3, 0.4) is 0 Å². The number of imidazole rings is 1. The summed E-state index contributed by atoms with van der Waals surface area (Å²) in [4.78, 5) is 11.0. The largest absolute Gasteiger partial charge is 0.335 e. The molecule has 3 rings (SSSR count). The van der Waals surface area contributed by atoms with Gasteiger partial charge in [-0.15, -0.1) is 0 Å². The average Bonchev–Trinajstić information content (AvgIpc) is 2.86. The Morgan fingerprint density at radius 2 is 2.10 bits per heavy atom. The minimum Gasteiger partial charge on any atom is -0.335 e. The highest BCUT2D eigenvalue weighted by molar-refractivity contribution is 5.09. The number of nitrogens with zero attached hydrogens (tertiary/aromatic N) is 4. The Morgan fingerprint density at radius 1 is 1.25 bits per heavy atom. The number of aromatic nitrogens is 3. The van der Waals surface area contributed by atoms with Crippen LogP contribution in [0.1, 0.15) is 24.2 Å². The first kappa shape index (κ1) is 13.3. The summed E-state index contributed by atoms with van der Waals surface area (Å²) in [5, 5.41) is 0. The molecule has 0 unspecified atom stereocenters. The first-order valence-electron chi connectivity index (χ1n) is 7.40. The van der Waals surface area contributed by atoms with E-state index in [1.54, 1.807) is 0 Å². The van der Waals surface area contributed by atoms with Crippen molar-refractivity contribution in [2.75, 3.05) is 13.1 Å². The van der Waals surface area contributed by atoms with Crippen LogP contribution in [0.25, 0.3) is 0 Å². The summed E-state index contributed by atoms with van der Waals surface area (Å²) in [6.07, 6.45) is 10.4. The van der Waals surface area contributed by atoms with Gasteiger partial charge in [0.25, 0.3) is 0 Å². The lowest BCUT2D eigenvalue weighted by molar-refractivity contribution is 0.155. The second kappa shape index (κ2) is 6.18. The number of hydrogen-bond acceptors (Lipinski definition) is 3. The van der Waals surface area contributed by atoms with Crippen molar-refractivity contribution in [2.45, 2.75) is 32.9 Å². The van der Waals surface area contributed by atoms with E-state index in [0.29, 0.717) is 0 Å². The van der Waals surface area contributed by atoms with Gasteiger partial charge in [-0.2, -0.15) is 0 Å². The molecule has 0 spiro atoms. The van der Waals surface area contributed by atoms with E-state index in [1.807, 2.05) is 18.6 Å². The third-order valence-electron chi connectivity index (χ3n) is 4.14. The SMILES string of the molecule is Cc1nccn1C[C@H]1CCCN(Cc2ccncc2)C1. The Labute approximate surface area is 120 Å². The highest BCUT2D eigenvalue weighted by Crippen LogP contribution is 2.20. The third kappa shape index (κ3) is 3.25. The van der Waals surface area contributed by atoms with Crippen molar-refractivity contribution in [3.8, 4) is 0 Å². The number of pyridine rings is 1. The number of rotatable bonds is 4. The van der Waals surface area contributed by atoms with Gasteiger partial charge >= 0.3 is 0 Å². The first-order chi connectivity index (χ1) is 9.81. The molecule has 1 fully saturated rings. The molecule has 0 amide bonds. The van der Waals surface area contributed by atoms with Gasteiger partial charge in [-0.25, -0.2) is 4.98 Å². The van der Waals surface area contributed by atoms with Gasteiger partial charge in [-0.3, -0.25) is 9.88 Å². The van der Waals surface area contributed by atoms with Gasteiger partial charge in [0.2, 0.25) is 0 Å². The van der Waals surface area contributed by atoms with Gasteiger partial charge < -0.3 is 4.57 Å². The molecular formula is C16H22N4. The number of piperidine rings is 1. The van der Waals surface area contributed by atoms with Crippen molar-refractivity contribution in [3.63, 3.8) is 0 Å². The number of hydrogen-bond donors (Lipinski definition) is 0. The van der Waals surface area contributed by atoms with Crippen LogP contribution in [-0.2, 0) is 13.1 Å². The minimum absolute atomic E-state index is 0.735. The molecule has 0 aliphatic carbocycles. The van der Waals surface area contributed by atoms with E-state index in [-0.39, 0.29) is 0 Å². The van der Waals surface area contributed by atoms with Gasteiger partial charge in [0.1, 0.15) is 5.82 Å². The highest BCUT2D eigenvalue weighted by atomic mass is 15.1. The lowest BCUT2D eigenvalue weighted by atomic mass is 9.97. The zero-order valence-electron chi connectivity index (χ0n) is 12.1. The molecular weight excluding hydrogens is 248 g/mol. The van der Waals surface area contributed by atoms with Crippen molar-refractivity contribution in [1.29, 1.82) is 0 Å². The van der Waals surface area contributed by atoms with Gasteiger partial charge in [0, 0.05) is 44.4 Å². The van der Waals surface area contributed by atoms with E-state index >= 15 is 0 Å². The molecule has 1 atom stereocenters. The molecule has 0 bridgehead atoms. The van der Waals surface area contributed by atoms with Crippen LogP contribution in [0.2, 0.25) is 0 Å². The van der Waals surface area contributed by atoms with E-state index in [0.717, 1.165) is 24.8 Å². The Bertz CT molecular complexity index is 534. The van der Waals surface area contributed by atoms with Gasteiger partial charge in [0.05, 0.1) is 0 Å². The molecule has 2 aromatic rings. The first-order valence-corrected chi connectivity index (χ1v) is 7.40. The predicted octanol–water partition coefficient (Wildman–Crippen LogP) is 2.50. The predicted molar refractivity (Wildman–Crippen MR) is 79.2 cm³/mol. The lowest BCUT2D eigenvalue weighted by Crippen LogP contribution is -2.36. The Kier molecular flexibility index (Phi) is 4.11. The van der Waals surface area contributed by atoms with Crippen molar-refractivity contribution in [2.24, 2.45) is 5.92 Å². The second-order valence-electron chi connectivity index (χ2n) is 5.73. The second-order valence-corrected chi connectivity index (χ2v) is 5.73. The third-order valence-corrected chi connectivity index (χ3v) is 4.14. The summed E-state index contributed by atoms with van der Waals surface area (Å²) in [5.74, 6) is 1.86. The molecule has 0 N–H and O–H groups in total. The molecule has 4 heteroatoms. The molecule has 106 valence electrons. The standard InChI is InChI=1S/C16H22N4/c1-14-18-8-10-20(14)13-16-3-2-9-19(12-16)11-15-4-6-17-7-5-15/h4-8,10,16H,2-3,9,11-13H2,1H3/t16-/m0/s1. The number of likely N-dealkylation sites (tertiary alicyclic amines) is 1. The van der Waals surface area contributed by atoms with Gasteiger partial charge in [-0.1, -0.05) is 0 Å². The maximum atomic E-state index is 4.31. The molecule has 2 aromatic heterocycles. The molecule has 0 aromatic carbocycles. The topological polar surface area (TPSA) is 34.0 Å². The Morgan fingerprint density at radius 3 is 2.85 bits per heavy atom. The van der Waals surface area contributed by atoms with Crippen LogP contribution in [0.5, 0.6) is 0 Å². The summed E-state index contributed by atoms with van der Waals surface area (Å²) in [7, 11) is 0. The van der Waals surface area contributed by atoms with Crippen molar-refractivity contribution in [3.05, 3.63) is 48.3 Å². The normalized spacial score (nSPS) is 20.1. The maximum Gasteiger partial charge on any atom is 0.105 e. The molecule has 0 saturated carbocycles. The molecule has 1 aliphatic heterocycles. The van der Waals surface area contributed by atoms with Crippen LogP contribution < -0.4 is 0 Å². The van der Waals surface area contributed by atoms with Crippen molar-refractivity contribution in [1.82, 2.24) is 19.4 Å². The summed E-state index contributed by atoms with van der Waals surface area (Å²) >= 11 is 0. The van der Waals surface area contributed by atoms with Crippen LogP contribution in [0.15, 0.2) is 36.9 Å².